The second kappa shape index (κ2) is 5.89. The molecule has 0 bridgehead atoms. The van der Waals surface area contributed by atoms with Crippen LogP contribution in [0.3, 0.4) is 0 Å². The van der Waals surface area contributed by atoms with Gasteiger partial charge in [-0.05, 0) is 24.3 Å². The van der Waals surface area contributed by atoms with Crippen LogP contribution in [-0.2, 0) is 4.79 Å². The first kappa shape index (κ1) is 13.6. The number of phenols is 2. The van der Waals surface area contributed by atoms with Gasteiger partial charge in [-0.3, -0.25) is 4.79 Å². The number of benzene rings is 2. The molecule has 0 heterocycles. The van der Waals surface area contributed by atoms with Gasteiger partial charge in [-0.25, -0.2) is 0 Å². The van der Waals surface area contributed by atoms with E-state index in [1.54, 1.807) is 36.4 Å². The van der Waals surface area contributed by atoms with Crippen molar-refractivity contribution in [3.8, 4) is 11.5 Å². The van der Waals surface area contributed by atoms with Crippen LogP contribution in [-0.4, -0.2) is 16.0 Å². The molecule has 2 rings (SSSR count). The van der Waals surface area contributed by atoms with Gasteiger partial charge >= 0.3 is 0 Å². The van der Waals surface area contributed by atoms with Crippen LogP contribution in [0.1, 0.15) is 11.1 Å². The van der Waals surface area contributed by atoms with Crippen molar-refractivity contribution in [1.29, 1.82) is 0 Å². The van der Waals surface area contributed by atoms with Crippen LogP contribution in [0.15, 0.2) is 67.3 Å². The van der Waals surface area contributed by atoms with Gasteiger partial charge in [0, 0.05) is 16.7 Å². The van der Waals surface area contributed by atoms with Crippen molar-refractivity contribution in [3.05, 3.63) is 78.4 Å². The van der Waals surface area contributed by atoms with Crippen molar-refractivity contribution >= 4 is 11.4 Å². The summed E-state index contributed by atoms with van der Waals surface area (Å²) in [6.07, 6.45) is 2.52. The molecule has 0 unspecified atom stereocenters. The minimum Gasteiger partial charge on any atom is -0.507 e. The summed E-state index contributed by atoms with van der Waals surface area (Å²) in [6, 6.07) is 13.3. The number of ketones is 1. The summed E-state index contributed by atoms with van der Waals surface area (Å²) in [5, 5.41) is 19.9. The molecule has 0 aliphatic heterocycles. The predicted molar refractivity (Wildman–Crippen MR) is 78.5 cm³/mol. The highest BCUT2D eigenvalue weighted by Crippen LogP contribution is 2.34. The summed E-state index contributed by atoms with van der Waals surface area (Å²) in [4.78, 5) is 11.6. The first-order valence-electron chi connectivity index (χ1n) is 6.08. The van der Waals surface area contributed by atoms with Crippen molar-refractivity contribution in [2.45, 2.75) is 0 Å². The van der Waals surface area contributed by atoms with E-state index in [1.165, 1.54) is 24.3 Å². The fourth-order valence-corrected chi connectivity index (χ4v) is 1.90. The summed E-state index contributed by atoms with van der Waals surface area (Å²) >= 11 is 0. The largest absolute Gasteiger partial charge is 0.507 e. The van der Waals surface area contributed by atoms with Gasteiger partial charge in [0.2, 0.25) is 0 Å². The average molecular weight is 266 g/mol. The van der Waals surface area contributed by atoms with Crippen molar-refractivity contribution in [1.82, 2.24) is 0 Å². The molecule has 3 nitrogen and oxygen atoms in total. The highest BCUT2D eigenvalue weighted by molar-refractivity contribution is 6.07. The Labute approximate surface area is 117 Å². The molecule has 0 saturated heterocycles. The van der Waals surface area contributed by atoms with E-state index in [1.807, 2.05) is 0 Å². The standard InChI is InChI=1S/C17H14O3/c1-2-12(18)11-15(13-7-3-5-9-16(13)19)14-8-4-6-10-17(14)20/h2-11,19-20H,1H2. The van der Waals surface area contributed by atoms with Crippen LogP contribution >= 0.6 is 0 Å². The molecule has 0 fully saturated rings. The lowest BCUT2D eigenvalue weighted by molar-refractivity contribution is -0.110. The Morgan fingerprint density at radius 2 is 1.35 bits per heavy atom. The minimum atomic E-state index is -0.300. The van der Waals surface area contributed by atoms with Crippen molar-refractivity contribution in [2.75, 3.05) is 0 Å². The molecule has 0 radical (unpaired) electrons. The van der Waals surface area contributed by atoms with Gasteiger partial charge in [0.25, 0.3) is 0 Å². The van der Waals surface area contributed by atoms with E-state index in [0.29, 0.717) is 16.7 Å². The average Bonchev–Trinajstić information content (AvgIpc) is 2.46. The van der Waals surface area contributed by atoms with E-state index >= 15 is 0 Å². The topological polar surface area (TPSA) is 57.5 Å². The van der Waals surface area contributed by atoms with Crippen LogP contribution in [0.25, 0.3) is 5.57 Å². The van der Waals surface area contributed by atoms with Gasteiger partial charge < -0.3 is 10.2 Å². The van der Waals surface area contributed by atoms with Crippen molar-refractivity contribution in [3.63, 3.8) is 0 Å². The molecule has 2 aromatic rings. The molecule has 0 atom stereocenters. The molecule has 2 N–H and O–H groups in total. The first-order chi connectivity index (χ1) is 9.63. The molecular weight excluding hydrogens is 252 g/mol. The molecule has 0 saturated carbocycles. The third-order valence-electron chi connectivity index (χ3n) is 2.88. The second-order valence-electron chi connectivity index (χ2n) is 4.20. The van der Waals surface area contributed by atoms with Crippen LogP contribution in [0.4, 0.5) is 0 Å². The van der Waals surface area contributed by atoms with E-state index in [-0.39, 0.29) is 17.3 Å². The fourth-order valence-electron chi connectivity index (χ4n) is 1.90. The maximum Gasteiger partial charge on any atom is 0.178 e. The van der Waals surface area contributed by atoms with Gasteiger partial charge in [-0.15, -0.1) is 0 Å². The van der Waals surface area contributed by atoms with Gasteiger partial charge in [0.05, 0.1) is 0 Å². The molecule has 0 aromatic heterocycles. The number of rotatable bonds is 4. The Kier molecular flexibility index (Phi) is 4.01. The lowest BCUT2D eigenvalue weighted by atomic mass is 9.95. The van der Waals surface area contributed by atoms with Crippen LogP contribution < -0.4 is 0 Å². The molecule has 0 amide bonds. The van der Waals surface area contributed by atoms with Gasteiger partial charge in [0.1, 0.15) is 11.5 Å². The Morgan fingerprint density at radius 1 is 0.900 bits per heavy atom. The van der Waals surface area contributed by atoms with Crippen molar-refractivity contribution < 1.29 is 15.0 Å². The zero-order valence-electron chi connectivity index (χ0n) is 10.8. The number of allylic oxidation sites excluding steroid dienone is 2. The number of phenolic OH excluding ortho intramolecular Hbond substituents is 2. The molecule has 0 spiro atoms. The summed E-state index contributed by atoms with van der Waals surface area (Å²) in [5.41, 5.74) is 1.40. The number of para-hydroxylation sites is 2. The van der Waals surface area contributed by atoms with Crippen molar-refractivity contribution in [2.24, 2.45) is 0 Å². The summed E-state index contributed by atoms with van der Waals surface area (Å²) in [5.74, 6) is -0.218. The Morgan fingerprint density at radius 3 is 1.75 bits per heavy atom. The number of aromatic hydroxyl groups is 2. The fraction of sp³-hybridized carbons (Fsp3) is 0. The first-order valence-corrected chi connectivity index (χ1v) is 6.08. The Balaban J connectivity index is 2.67. The normalized spacial score (nSPS) is 9.80. The monoisotopic (exact) mass is 266 g/mol. The summed E-state index contributed by atoms with van der Waals surface area (Å²) in [7, 11) is 0. The summed E-state index contributed by atoms with van der Waals surface area (Å²) in [6.45, 7) is 3.43. The number of hydrogen-bond acceptors (Lipinski definition) is 3. The van der Waals surface area contributed by atoms with Gasteiger partial charge in [0.15, 0.2) is 5.78 Å². The second-order valence-corrected chi connectivity index (χ2v) is 4.20. The lowest BCUT2D eigenvalue weighted by Gasteiger charge is -2.11. The molecule has 0 aliphatic carbocycles. The highest BCUT2D eigenvalue weighted by Gasteiger charge is 2.13. The quantitative estimate of drug-likeness (QED) is 0.835. The molecule has 0 aliphatic rings. The van der Waals surface area contributed by atoms with Gasteiger partial charge in [-0.2, -0.15) is 0 Å². The SMILES string of the molecule is C=CC(=O)C=C(c1ccccc1O)c1ccccc1O. The van der Waals surface area contributed by atoms with Gasteiger partial charge in [-0.1, -0.05) is 43.0 Å². The number of carbonyl (C=O) groups excluding carboxylic acids is 1. The molecule has 100 valence electrons. The predicted octanol–water partition coefficient (Wildman–Crippen LogP) is 3.28. The highest BCUT2D eigenvalue weighted by atomic mass is 16.3. The zero-order valence-corrected chi connectivity index (χ0v) is 10.8. The lowest BCUT2D eigenvalue weighted by Crippen LogP contribution is -1.94. The summed E-state index contributed by atoms with van der Waals surface area (Å²) < 4.78 is 0. The minimum absolute atomic E-state index is 0.0406. The van der Waals surface area contributed by atoms with E-state index in [0.717, 1.165) is 0 Å². The Bertz CT molecular complexity index is 637. The molecule has 2 aromatic carbocycles. The molecule has 3 heteroatoms. The molecule has 20 heavy (non-hydrogen) atoms. The third kappa shape index (κ3) is 2.78. The van der Waals surface area contributed by atoms with E-state index in [2.05, 4.69) is 6.58 Å². The smallest absolute Gasteiger partial charge is 0.178 e. The van der Waals surface area contributed by atoms with Crippen LogP contribution in [0.2, 0.25) is 0 Å². The van der Waals surface area contributed by atoms with E-state index in [4.69, 9.17) is 0 Å². The Hall–Kier alpha value is -2.81. The number of carbonyl (C=O) groups is 1. The maximum absolute atomic E-state index is 11.6. The number of hydrogen-bond donors (Lipinski definition) is 2. The van der Waals surface area contributed by atoms with E-state index in [9.17, 15) is 15.0 Å². The van der Waals surface area contributed by atoms with Crippen LogP contribution in [0.5, 0.6) is 11.5 Å². The van der Waals surface area contributed by atoms with E-state index < -0.39 is 0 Å². The molecular formula is C17H14O3. The third-order valence-corrected chi connectivity index (χ3v) is 2.88. The zero-order chi connectivity index (χ0) is 14.5. The maximum atomic E-state index is 11.6. The van der Waals surface area contributed by atoms with Crippen LogP contribution in [0, 0.1) is 0 Å².